The van der Waals surface area contributed by atoms with E-state index in [-0.39, 0.29) is 119 Å². The molecule has 0 atom stereocenters. The average molecular weight is 1620 g/mol. The summed E-state index contributed by atoms with van der Waals surface area (Å²) >= 11 is 38.1. The third kappa shape index (κ3) is 24.9. The first-order chi connectivity index (χ1) is 42.0. The molecule has 10 rings (SSSR count). The fraction of sp³-hybridized carbons (Fsp3) is 0.368. The van der Waals surface area contributed by atoms with E-state index in [0.29, 0.717) is 47.3 Å². The summed E-state index contributed by atoms with van der Waals surface area (Å²) < 4.78 is 0. The molecule has 0 saturated carbocycles. The fourth-order valence-corrected chi connectivity index (χ4v) is 11.4. The molecule has 20 heteroatoms. The number of para-hydroxylation sites is 4. The Morgan fingerprint density at radius 1 is 0.240 bits per heavy atom. The van der Waals surface area contributed by atoms with Gasteiger partial charge >= 0.3 is 37.1 Å². The Bertz CT molecular complexity index is 3180. The third-order valence-electron chi connectivity index (χ3n) is 15.5. The van der Waals surface area contributed by atoms with Crippen molar-refractivity contribution in [3.63, 3.8) is 0 Å². The summed E-state index contributed by atoms with van der Waals surface area (Å²) in [4.78, 5) is 22.2. The van der Waals surface area contributed by atoms with Crippen molar-refractivity contribution in [2.75, 3.05) is 21.4 Å². The van der Waals surface area contributed by atoms with E-state index in [1.807, 2.05) is 0 Å². The van der Waals surface area contributed by atoms with Crippen molar-refractivity contribution in [1.82, 2.24) is 0 Å². The molecular formula is C76H88Cl12N4O2V2. The van der Waals surface area contributed by atoms with Gasteiger partial charge in [-0.1, -0.05) is 256 Å². The molecular weight excluding hydrogens is 1530 g/mol. The summed E-state index contributed by atoms with van der Waals surface area (Å²) in [5.74, 6) is 3.02. The largest absolute Gasteiger partial charge is 4.00 e. The summed E-state index contributed by atoms with van der Waals surface area (Å²) in [7, 11) is 0. The van der Waals surface area contributed by atoms with Crippen LogP contribution in [0.5, 0.6) is 0 Å². The van der Waals surface area contributed by atoms with E-state index in [1.54, 1.807) is 0 Å². The summed E-state index contributed by atoms with van der Waals surface area (Å²) in [6.07, 6.45) is 0. The van der Waals surface area contributed by atoms with Gasteiger partial charge in [0.25, 0.3) is 0 Å². The molecule has 0 spiro atoms. The number of benzene rings is 8. The van der Waals surface area contributed by atoms with Gasteiger partial charge in [-0.2, -0.15) is 0 Å². The van der Waals surface area contributed by atoms with Crippen molar-refractivity contribution in [1.29, 1.82) is 0 Å². The number of nitrogens with zero attached hydrogens (tertiary/aromatic N) is 4. The number of rotatable bonds is 12. The number of aliphatic imine (C=N–C) groups is 4. The molecule has 96 heavy (non-hydrogen) atoms. The van der Waals surface area contributed by atoms with Gasteiger partial charge in [0.1, 0.15) is 0 Å². The predicted molar refractivity (Wildman–Crippen MR) is 399 cm³/mol. The second kappa shape index (κ2) is 49.2. The van der Waals surface area contributed by atoms with Crippen LogP contribution in [0.2, 0.25) is 0 Å². The first-order valence-electron chi connectivity index (χ1n) is 30.4. The van der Waals surface area contributed by atoms with E-state index >= 15 is 0 Å². The number of hydrogen-bond donors (Lipinski definition) is 0. The molecule has 0 N–H and O–H groups in total. The van der Waals surface area contributed by atoms with Gasteiger partial charge in [-0.05, 0) is 103 Å². The normalized spacial score (nSPS) is 12.9. The van der Waals surface area contributed by atoms with Crippen LogP contribution in [0.1, 0.15) is 225 Å². The van der Waals surface area contributed by atoms with Crippen LogP contribution < -0.4 is 49.6 Å². The summed E-state index contributed by atoms with van der Waals surface area (Å²) in [6, 6.07) is 52.9. The summed E-state index contributed by atoms with van der Waals surface area (Å²) in [5, 5.41) is 5.77. The van der Waals surface area contributed by atoms with Crippen molar-refractivity contribution in [2.45, 2.75) is 158 Å². The minimum absolute atomic E-state index is 0. The van der Waals surface area contributed by atoms with Gasteiger partial charge in [0.05, 0.1) is 67.0 Å². The maximum Gasteiger partial charge on any atom is 4.00 e. The number of halogens is 12. The molecule has 0 bridgehead atoms. The summed E-state index contributed by atoms with van der Waals surface area (Å²) in [6.45, 7) is 36.2. The van der Waals surface area contributed by atoms with Crippen LogP contribution in [0.25, 0.3) is 21.5 Å². The molecule has 518 valence electrons. The number of hydrogen-bond acceptors (Lipinski definition) is 4. The maximum atomic E-state index is 5.55. The van der Waals surface area contributed by atoms with E-state index in [0.717, 1.165) is 45.6 Å². The Balaban J connectivity index is -0.000000706. The third-order valence-corrected chi connectivity index (χ3v) is 15.5. The van der Waals surface area contributed by atoms with Crippen LogP contribution in [0, 0.1) is 0 Å². The smallest absolute Gasteiger partial charge is 2.00 e. The van der Waals surface area contributed by atoms with Crippen LogP contribution in [-0.4, -0.2) is 44.2 Å². The first kappa shape index (κ1) is 99.9. The van der Waals surface area contributed by atoms with Crippen LogP contribution in [0.4, 0.5) is 22.7 Å². The summed E-state index contributed by atoms with van der Waals surface area (Å²) in [5.41, 5.74) is 23.4. The maximum absolute atomic E-state index is 5.55. The molecule has 0 fully saturated rings. The predicted octanol–water partition coefficient (Wildman–Crippen LogP) is 14.6. The minimum Gasteiger partial charge on any atom is -2.00 e. The Hall–Kier alpha value is -2.47. The SMILES string of the molecule is CC(C)c1cccc(C(C)C)c1N=C1C(=Nc2c(C(C)C)cccc2C(C)C)c2cccc3cccc1c23.CC(C)c1cccc(C(C)C)c1N=C1C(=Nc2c(C(C)C)cccc2C(C)C)c2cccc3cccc1c23.ClCCl.ClCCl.ClCCl.ClCCl.[Cl-].[Cl-].[Cl-].[Cl-].[O-2].[O-2].[V+4].[V+4]. The van der Waals surface area contributed by atoms with Crippen LogP contribution in [-0.2, 0) is 48.1 Å². The van der Waals surface area contributed by atoms with Crippen LogP contribution >= 0.6 is 92.8 Å². The van der Waals surface area contributed by atoms with Gasteiger partial charge in [-0.3, -0.25) is 0 Å². The molecule has 0 aromatic heterocycles. The van der Waals surface area contributed by atoms with E-state index in [1.165, 1.54) is 88.3 Å². The van der Waals surface area contributed by atoms with E-state index in [2.05, 4.69) is 256 Å². The average Bonchev–Trinajstić information content (AvgIpc) is 1.59. The van der Waals surface area contributed by atoms with Gasteiger partial charge in [0.2, 0.25) is 0 Å². The molecule has 0 unspecified atom stereocenters. The molecule has 0 heterocycles. The van der Waals surface area contributed by atoms with E-state index < -0.39 is 0 Å². The Labute approximate surface area is 662 Å². The zero-order chi connectivity index (χ0) is 65.1. The Morgan fingerprint density at radius 2 is 0.365 bits per heavy atom. The van der Waals surface area contributed by atoms with E-state index in [4.69, 9.17) is 113 Å². The quantitative estimate of drug-likeness (QED) is 0.109. The molecule has 0 amide bonds. The standard InChI is InChI=1S/2C36H40N2.4CH2Cl2.4ClH.2O.2V/c2*1-21(2)26-15-11-16-27(22(3)4)33(26)37-35-30-19-9-13-25-14-10-20-31(32(25)30)36(35)38-34-28(23(5)6)17-12-18-29(34)24(7)8;4*2-1-3;;;;;;;;/h2*9-24H,1-8H3;4*1H2;4*1H;;;;/q;;;;;;;;;;2*-2;2*+4/p-4. The van der Waals surface area contributed by atoms with E-state index in [9.17, 15) is 0 Å². The van der Waals surface area contributed by atoms with Crippen molar-refractivity contribution in [3.05, 3.63) is 212 Å². The molecule has 0 saturated heterocycles. The van der Waals surface area contributed by atoms with Crippen molar-refractivity contribution in [3.8, 4) is 0 Å². The van der Waals surface area contributed by atoms with Crippen LogP contribution in [0.15, 0.2) is 166 Å². The van der Waals surface area contributed by atoms with Gasteiger partial charge in [0, 0.05) is 33.0 Å². The second-order valence-corrected chi connectivity index (χ2v) is 27.3. The Kier molecular flexibility index (Phi) is 51.2. The van der Waals surface area contributed by atoms with Gasteiger partial charge in [0.15, 0.2) is 0 Å². The molecule has 2 radical (unpaired) electrons. The van der Waals surface area contributed by atoms with Gasteiger partial charge < -0.3 is 60.6 Å². The monoisotopic (exact) mass is 1610 g/mol. The van der Waals surface area contributed by atoms with Crippen molar-refractivity contribution < 1.29 is 97.7 Å². The Morgan fingerprint density at radius 3 is 0.490 bits per heavy atom. The first-order valence-corrected chi connectivity index (χ1v) is 34.7. The molecule has 2 aliphatic rings. The molecule has 8 aromatic rings. The minimum atomic E-state index is 0. The van der Waals surface area contributed by atoms with Crippen molar-refractivity contribution >= 4 is 160 Å². The zero-order valence-electron chi connectivity index (χ0n) is 57.3. The molecule has 0 aliphatic heterocycles. The van der Waals surface area contributed by atoms with Gasteiger partial charge in [-0.25, -0.2) is 20.0 Å². The fourth-order valence-electron chi connectivity index (χ4n) is 11.4. The number of alkyl halides is 8. The topological polar surface area (TPSA) is 106 Å². The molecule has 2 aliphatic carbocycles. The zero-order valence-corrected chi connectivity index (χ0v) is 69.2. The van der Waals surface area contributed by atoms with Crippen molar-refractivity contribution in [2.24, 2.45) is 20.0 Å². The molecule has 8 aromatic carbocycles. The van der Waals surface area contributed by atoms with Crippen LogP contribution in [0.3, 0.4) is 0 Å². The van der Waals surface area contributed by atoms with Gasteiger partial charge in [-0.15, -0.1) is 92.8 Å². The molecule has 6 nitrogen and oxygen atoms in total. The second-order valence-electron chi connectivity index (χ2n) is 24.0.